The van der Waals surface area contributed by atoms with Crippen LogP contribution in [-0.2, 0) is 13.1 Å². The number of nitrogens with zero attached hydrogens (tertiary/aromatic N) is 2. The molecule has 80 valence electrons. The van der Waals surface area contributed by atoms with Crippen molar-refractivity contribution < 1.29 is 4.57 Å². The smallest absolute Gasteiger partial charge is 0.237 e. The lowest BCUT2D eigenvalue weighted by Gasteiger charge is -1.94. The topological polar surface area (TPSA) is 8.81 Å². The molecule has 0 spiro atoms. The molecule has 0 fully saturated rings. The zero-order valence-corrected chi connectivity index (χ0v) is 10.5. The standard InChI is InChI=1S/C11H20BrN2/c1-2-3-7-13-9-10-14(11-13)8-5-4-6-12/h9-11H,2-8H2,1H3/q+1. The minimum Gasteiger partial charge on any atom is -0.237 e. The van der Waals surface area contributed by atoms with Crippen molar-refractivity contribution in [2.75, 3.05) is 5.33 Å². The van der Waals surface area contributed by atoms with Gasteiger partial charge in [-0.1, -0.05) is 29.3 Å². The summed E-state index contributed by atoms with van der Waals surface area (Å²) >= 11 is 3.45. The first-order valence-corrected chi connectivity index (χ1v) is 6.59. The normalized spacial score (nSPS) is 10.7. The van der Waals surface area contributed by atoms with E-state index in [-0.39, 0.29) is 0 Å². The summed E-state index contributed by atoms with van der Waals surface area (Å²) in [5.41, 5.74) is 0. The van der Waals surface area contributed by atoms with Crippen LogP contribution in [0.5, 0.6) is 0 Å². The van der Waals surface area contributed by atoms with E-state index in [9.17, 15) is 0 Å². The molecular weight excluding hydrogens is 240 g/mol. The fraction of sp³-hybridized carbons (Fsp3) is 0.727. The van der Waals surface area contributed by atoms with E-state index >= 15 is 0 Å². The zero-order chi connectivity index (χ0) is 10.2. The van der Waals surface area contributed by atoms with Crippen LogP contribution in [0.2, 0.25) is 0 Å². The lowest BCUT2D eigenvalue weighted by atomic mass is 10.3. The molecule has 0 aliphatic rings. The van der Waals surface area contributed by atoms with E-state index in [4.69, 9.17) is 0 Å². The highest BCUT2D eigenvalue weighted by atomic mass is 79.9. The Kier molecular flexibility index (Phi) is 5.92. The molecule has 0 atom stereocenters. The molecule has 0 bridgehead atoms. The molecule has 0 saturated carbocycles. The first kappa shape index (κ1) is 11.8. The molecule has 3 heteroatoms. The van der Waals surface area contributed by atoms with Crippen LogP contribution in [0, 0.1) is 0 Å². The number of hydrogen-bond acceptors (Lipinski definition) is 0. The third kappa shape index (κ3) is 4.27. The van der Waals surface area contributed by atoms with Crippen LogP contribution in [0.1, 0.15) is 32.6 Å². The van der Waals surface area contributed by atoms with Gasteiger partial charge in [0.2, 0.25) is 6.33 Å². The molecule has 0 amide bonds. The van der Waals surface area contributed by atoms with Gasteiger partial charge in [0.1, 0.15) is 12.4 Å². The van der Waals surface area contributed by atoms with Crippen molar-refractivity contribution in [2.24, 2.45) is 0 Å². The Morgan fingerprint density at radius 2 is 2.14 bits per heavy atom. The number of imidazole rings is 1. The highest BCUT2D eigenvalue weighted by Gasteiger charge is 2.01. The van der Waals surface area contributed by atoms with Crippen LogP contribution in [0.3, 0.4) is 0 Å². The maximum absolute atomic E-state index is 3.45. The van der Waals surface area contributed by atoms with Gasteiger partial charge in [-0.25, -0.2) is 9.13 Å². The van der Waals surface area contributed by atoms with E-state index in [0.29, 0.717) is 0 Å². The average molecular weight is 260 g/mol. The highest BCUT2D eigenvalue weighted by molar-refractivity contribution is 9.09. The molecule has 0 N–H and O–H groups in total. The van der Waals surface area contributed by atoms with Crippen molar-refractivity contribution in [2.45, 2.75) is 45.7 Å². The van der Waals surface area contributed by atoms with E-state index in [2.05, 4.69) is 50.7 Å². The Balaban J connectivity index is 2.27. The molecular formula is C11H20BrN2+. The molecule has 0 unspecified atom stereocenters. The predicted molar refractivity (Wildman–Crippen MR) is 62.6 cm³/mol. The van der Waals surface area contributed by atoms with Crippen molar-refractivity contribution in [1.82, 2.24) is 4.57 Å². The van der Waals surface area contributed by atoms with Crippen LogP contribution in [0.25, 0.3) is 0 Å². The molecule has 0 aromatic carbocycles. The van der Waals surface area contributed by atoms with Crippen LogP contribution in [-0.4, -0.2) is 9.90 Å². The molecule has 1 rings (SSSR count). The van der Waals surface area contributed by atoms with Crippen LogP contribution < -0.4 is 4.57 Å². The molecule has 0 radical (unpaired) electrons. The molecule has 1 aromatic rings. The van der Waals surface area contributed by atoms with Gasteiger partial charge < -0.3 is 0 Å². The number of unbranched alkanes of at least 4 members (excludes halogenated alkanes) is 2. The molecule has 1 aromatic heterocycles. The van der Waals surface area contributed by atoms with Crippen molar-refractivity contribution in [3.05, 3.63) is 18.7 Å². The van der Waals surface area contributed by atoms with Gasteiger partial charge in [-0.05, 0) is 19.3 Å². The first-order chi connectivity index (χ1) is 6.86. The molecule has 0 aliphatic heterocycles. The van der Waals surface area contributed by atoms with Crippen molar-refractivity contribution >= 4 is 15.9 Å². The second-order valence-corrected chi connectivity index (χ2v) is 4.43. The summed E-state index contributed by atoms with van der Waals surface area (Å²) in [5.74, 6) is 0. The second-order valence-electron chi connectivity index (χ2n) is 3.64. The number of halogens is 1. The Labute approximate surface area is 95.1 Å². The van der Waals surface area contributed by atoms with Gasteiger partial charge >= 0.3 is 0 Å². The van der Waals surface area contributed by atoms with Crippen LogP contribution in [0.15, 0.2) is 18.7 Å². The van der Waals surface area contributed by atoms with Crippen molar-refractivity contribution in [3.63, 3.8) is 0 Å². The lowest BCUT2D eigenvalue weighted by Crippen LogP contribution is -2.30. The van der Waals surface area contributed by atoms with Crippen LogP contribution in [0.4, 0.5) is 0 Å². The Hall–Kier alpha value is -0.310. The number of rotatable bonds is 7. The average Bonchev–Trinajstić information content (AvgIpc) is 2.63. The summed E-state index contributed by atoms with van der Waals surface area (Å²) in [6.07, 6.45) is 11.6. The number of aromatic nitrogens is 2. The minimum absolute atomic E-state index is 1.12. The van der Waals surface area contributed by atoms with Crippen molar-refractivity contribution in [1.29, 1.82) is 0 Å². The molecule has 0 aliphatic carbocycles. The number of hydrogen-bond donors (Lipinski definition) is 0. The zero-order valence-electron chi connectivity index (χ0n) is 8.95. The first-order valence-electron chi connectivity index (χ1n) is 5.47. The second kappa shape index (κ2) is 7.04. The SMILES string of the molecule is CCCCn1cc[n+](CCCCBr)c1. The van der Waals surface area contributed by atoms with Crippen molar-refractivity contribution in [3.8, 4) is 0 Å². The van der Waals surface area contributed by atoms with E-state index in [1.165, 1.54) is 25.7 Å². The molecule has 1 heterocycles. The van der Waals surface area contributed by atoms with Gasteiger partial charge in [0, 0.05) is 5.33 Å². The third-order valence-corrected chi connectivity index (χ3v) is 2.88. The number of alkyl halides is 1. The van der Waals surface area contributed by atoms with Gasteiger partial charge in [-0.2, -0.15) is 0 Å². The summed E-state index contributed by atoms with van der Waals surface area (Å²) in [5, 5.41) is 1.12. The molecule has 2 nitrogen and oxygen atoms in total. The monoisotopic (exact) mass is 259 g/mol. The van der Waals surface area contributed by atoms with Gasteiger partial charge in [-0.15, -0.1) is 0 Å². The number of aryl methyl sites for hydroxylation is 2. The molecule has 0 saturated heterocycles. The Morgan fingerprint density at radius 1 is 1.29 bits per heavy atom. The minimum atomic E-state index is 1.12. The Morgan fingerprint density at radius 3 is 2.86 bits per heavy atom. The predicted octanol–water partition coefficient (Wildman–Crippen LogP) is 2.75. The summed E-state index contributed by atoms with van der Waals surface area (Å²) in [6.45, 7) is 4.53. The largest absolute Gasteiger partial charge is 0.243 e. The fourth-order valence-corrected chi connectivity index (χ4v) is 1.83. The maximum atomic E-state index is 3.45. The third-order valence-electron chi connectivity index (χ3n) is 2.32. The summed E-state index contributed by atoms with van der Waals surface area (Å²) < 4.78 is 4.55. The maximum Gasteiger partial charge on any atom is 0.243 e. The van der Waals surface area contributed by atoms with Gasteiger partial charge in [0.15, 0.2) is 0 Å². The van der Waals surface area contributed by atoms with E-state index in [0.717, 1.165) is 18.4 Å². The summed E-state index contributed by atoms with van der Waals surface area (Å²) in [7, 11) is 0. The van der Waals surface area contributed by atoms with Crippen LogP contribution >= 0.6 is 15.9 Å². The summed E-state index contributed by atoms with van der Waals surface area (Å²) in [6, 6.07) is 0. The fourth-order valence-electron chi connectivity index (χ4n) is 1.43. The van der Waals surface area contributed by atoms with E-state index < -0.39 is 0 Å². The van der Waals surface area contributed by atoms with E-state index in [1.807, 2.05) is 0 Å². The van der Waals surface area contributed by atoms with E-state index in [1.54, 1.807) is 0 Å². The highest BCUT2D eigenvalue weighted by Crippen LogP contribution is 1.95. The summed E-state index contributed by atoms with van der Waals surface area (Å²) in [4.78, 5) is 0. The van der Waals surface area contributed by atoms with Gasteiger partial charge in [0.25, 0.3) is 0 Å². The lowest BCUT2D eigenvalue weighted by molar-refractivity contribution is -0.696. The van der Waals surface area contributed by atoms with Gasteiger partial charge in [0.05, 0.1) is 13.1 Å². The van der Waals surface area contributed by atoms with Gasteiger partial charge in [-0.3, -0.25) is 0 Å². The molecule has 14 heavy (non-hydrogen) atoms. The quantitative estimate of drug-likeness (QED) is 0.405. The Bertz CT molecular complexity index is 245.